The minimum absolute atomic E-state index is 0.111. The van der Waals surface area contributed by atoms with Crippen molar-refractivity contribution < 1.29 is 19.1 Å². The summed E-state index contributed by atoms with van der Waals surface area (Å²) >= 11 is 0. The van der Waals surface area contributed by atoms with Gasteiger partial charge < -0.3 is 15.0 Å². The molecule has 0 aliphatic carbocycles. The number of rotatable bonds is 3. The van der Waals surface area contributed by atoms with Gasteiger partial charge in [0.1, 0.15) is 12.2 Å². The molecule has 7 heteroatoms. The average Bonchev–Trinajstić information content (AvgIpc) is 3.07. The number of esters is 1. The maximum atomic E-state index is 12.6. The first kappa shape index (κ1) is 14.8. The molecule has 0 spiro atoms. The lowest BCUT2D eigenvalue weighted by molar-refractivity contribution is -0.128. The minimum atomic E-state index is -1.01. The van der Waals surface area contributed by atoms with E-state index >= 15 is 0 Å². The van der Waals surface area contributed by atoms with E-state index in [2.05, 4.69) is 10.3 Å². The molecule has 1 aliphatic heterocycles. The Kier molecular flexibility index (Phi) is 3.84. The van der Waals surface area contributed by atoms with Gasteiger partial charge in [0.25, 0.3) is 5.91 Å². The van der Waals surface area contributed by atoms with Gasteiger partial charge in [-0.2, -0.15) is 0 Å². The van der Waals surface area contributed by atoms with Crippen LogP contribution in [0.2, 0.25) is 0 Å². The van der Waals surface area contributed by atoms with Gasteiger partial charge in [0.2, 0.25) is 5.91 Å². The summed E-state index contributed by atoms with van der Waals surface area (Å²) in [6, 6.07) is 10.2. The van der Waals surface area contributed by atoms with Crippen LogP contribution in [0.1, 0.15) is 17.4 Å². The predicted molar refractivity (Wildman–Crippen MR) is 83.1 cm³/mol. The van der Waals surface area contributed by atoms with Crippen LogP contribution in [0, 0.1) is 0 Å². The second-order valence-corrected chi connectivity index (χ2v) is 5.12. The van der Waals surface area contributed by atoms with Crippen molar-refractivity contribution in [1.29, 1.82) is 0 Å². The fraction of sp³-hybridized carbons (Fsp3) is 0.188. The van der Waals surface area contributed by atoms with E-state index in [9.17, 15) is 14.4 Å². The average molecular weight is 313 g/mol. The first-order valence-electron chi connectivity index (χ1n) is 7.11. The number of carbonyl (C=O) groups excluding carboxylic acids is 3. The van der Waals surface area contributed by atoms with E-state index < -0.39 is 18.0 Å². The fourth-order valence-corrected chi connectivity index (χ4v) is 2.38. The van der Waals surface area contributed by atoms with Crippen molar-refractivity contribution in [2.45, 2.75) is 13.0 Å². The van der Waals surface area contributed by atoms with Gasteiger partial charge in [-0.1, -0.05) is 12.1 Å². The van der Waals surface area contributed by atoms with Crippen molar-refractivity contribution in [3.05, 3.63) is 48.3 Å². The molecule has 23 heavy (non-hydrogen) atoms. The molecule has 1 aromatic heterocycles. The third kappa shape index (κ3) is 2.94. The zero-order chi connectivity index (χ0) is 16.4. The number of amides is 2. The van der Waals surface area contributed by atoms with Crippen molar-refractivity contribution in [1.82, 2.24) is 4.98 Å². The van der Waals surface area contributed by atoms with Gasteiger partial charge in [0.05, 0.1) is 11.4 Å². The smallest absolute Gasteiger partial charge is 0.355 e. The molecule has 3 rings (SSSR count). The molecule has 2 aromatic rings. The SMILES string of the molecule is C[C@H](OC(=O)c1ccc[nH]1)C(=O)N1CC(=O)Nc2ccccc21. The molecule has 0 fully saturated rings. The highest BCUT2D eigenvalue weighted by Crippen LogP contribution is 2.29. The van der Waals surface area contributed by atoms with E-state index in [0.717, 1.165) is 0 Å². The Labute approximate surface area is 132 Å². The Hall–Kier alpha value is -3.09. The van der Waals surface area contributed by atoms with Gasteiger partial charge in [-0.25, -0.2) is 4.79 Å². The summed E-state index contributed by atoms with van der Waals surface area (Å²) in [5, 5.41) is 2.70. The summed E-state index contributed by atoms with van der Waals surface area (Å²) in [5.74, 6) is -1.36. The van der Waals surface area contributed by atoms with E-state index in [4.69, 9.17) is 4.74 Å². The highest BCUT2D eigenvalue weighted by Gasteiger charge is 2.31. The topological polar surface area (TPSA) is 91.5 Å². The lowest BCUT2D eigenvalue weighted by Crippen LogP contribution is -2.47. The summed E-state index contributed by atoms with van der Waals surface area (Å²) in [7, 11) is 0. The number of fused-ring (bicyclic) bond motifs is 1. The molecule has 0 unspecified atom stereocenters. The van der Waals surface area contributed by atoms with E-state index in [1.165, 1.54) is 11.8 Å². The highest BCUT2D eigenvalue weighted by atomic mass is 16.5. The lowest BCUT2D eigenvalue weighted by Gasteiger charge is -2.30. The molecule has 0 saturated carbocycles. The van der Waals surface area contributed by atoms with E-state index in [-0.39, 0.29) is 18.1 Å². The van der Waals surface area contributed by atoms with Crippen LogP contribution in [0.15, 0.2) is 42.6 Å². The first-order valence-corrected chi connectivity index (χ1v) is 7.11. The number of para-hydroxylation sites is 2. The maximum Gasteiger partial charge on any atom is 0.355 e. The van der Waals surface area contributed by atoms with Gasteiger partial charge in [0.15, 0.2) is 6.10 Å². The van der Waals surface area contributed by atoms with Crippen molar-refractivity contribution in [2.24, 2.45) is 0 Å². The predicted octanol–water partition coefficient (Wildman–Crippen LogP) is 1.55. The van der Waals surface area contributed by atoms with E-state index in [1.54, 1.807) is 42.6 Å². The largest absolute Gasteiger partial charge is 0.448 e. The van der Waals surface area contributed by atoms with Gasteiger partial charge in [-0.05, 0) is 31.2 Å². The number of H-pyrrole nitrogens is 1. The molecule has 2 heterocycles. The van der Waals surface area contributed by atoms with Gasteiger partial charge in [-0.15, -0.1) is 0 Å². The zero-order valence-corrected chi connectivity index (χ0v) is 12.4. The Bertz CT molecular complexity index is 754. The maximum absolute atomic E-state index is 12.6. The van der Waals surface area contributed by atoms with Crippen LogP contribution in [0.25, 0.3) is 0 Å². The number of hydrogen-bond acceptors (Lipinski definition) is 4. The third-order valence-corrected chi connectivity index (χ3v) is 3.49. The number of hydrogen-bond donors (Lipinski definition) is 2. The molecule has 1 aromatic carbocycles. The molecule has 0 radical (unpaired) electrons. The molecular formula is C16H15N3O4. The van der Waals surface area contributed by atoms with Crippen LogP contribution >= 0.6 is 0 Å². The molecule has 0 saturated heterocycles. The number of nitrogens with zero attached hydrogens (tertiary/aromatic N) is 1. The summed E-state index contributed by atoms with van der Waals surface area (Å²) in [5.41, 5.74) is 1.40. The lowest BCUT2D eigenvalue weighted by atomic mass is 10.1. The molecule has 7 nitrogen and oxygen atoms in total. The standard InChI is InChI=1S/C16H15N3O4/c1-10(23-16(22)12-6-4-8-17-12)15(21)19-9-14(20)18-11-5-2-3-7-13(11)19/h2-8,10,17H,9H2,1H3,(H,18,20)/t10-/m0/s1. The number of anilines is 2. The quantitative estimate of drug-likeness (QED) is 0.841. The van der Waals surface area contributed by atoms with Crippen LogP contribution in [0.4, 0.5) is 11.4 Å². The number of aromatic amines is 1. The van der Waals surface area contributed by atoms with Gasteiger partial charge in [0, 0.05) is 6.20 Å². The highest BCUT2D eigenvalue weighted by molar-refractivity contribution is 6.11. The Morgan fingerprint density at radius 1 is 1.22 bits per heavy atom. The Morgan fingerprint density at radius 2 is 2.00 bits per heavy atom. The fourth-order valence-electron chi connectivity index (χ4n) is 2.38. The summed E-state index contributed by atoms with van der Waals surface area (Å²) < 4.78 is 5.17. The van der Waals surface area contributed by atoms with E-state index in [1.807, 2.05) is 0 Å². The van der Waals surface area contributed by atoms with Gasteiger partial charge >= 0.3 is 5.97 Å². The minimum Gasteiger partial charge on any atom is -0.448 e. The van der Waals surface area contributed by atoms with Crippen molar-refractivity contribution in [3.8, 4) is 0 Å². The molecule has 2 N–H and O–H groups in total. The monoisotopic (exact) mass is 313 g/mol. The van der Waals surface area contributed by atoms with Crippen molar-refractivity contribution in [2.75, 3.05) is 16.8 Å². The second kappa shape index (κ2) is 5.96. The van der Waals surface area contributed by atoms with Crippen molar-refractivity contribution in [3.63, 3.8) is 0 Å². The second-order valence-electron chi connectivity index (χ2n) is 5.12. The van der Waals surface area contributed by atoms with Gasteiger partial charge in [-0.3, -0.25) is 14.5 Å². The zero-order valence-electron chi connectivity index (χ0n) is 12.4. The molecule has 1 aliphatic rings. The normalized spacial score (nSPS) is 14.7. The number of ether oxygens (including phenoxy) is 1. The number of nitrogens with one attached hydrogen (secondary N) is 2. The Morgan fingerprint density at radius 3 is 2.74 bits per heavy atom. The van der Waals surface area contributed by atoms with Crippen LogP contribution in [0.5, 0.6) is 0 Å². The number of benzene rings is 1. The first-order chi connectivity index (χ1) is 11.1. The summed E-state index contributed by atoms with van der Waals surface area (Å²) in [4.78, 5) is 40.3. The number of aromatic nitrogens is 1. The summed E-state index contributed by atoms with van der Waals surface area (Å²) in [6.45, 7) is 1.37. The molecule has 1 atom stereocenters. The molecule has 118 valence electrons. The van der Waals surface area contributed by atoms with Crippen molar-refractivity contribution >= 4 is 29.2 Å². The third-order valence-electron chi connectivity index (χ3n) is 3.49. The van der Waals surface area contributed by atoms with Crippen LogP contribution < -0.4 is 10.2 Å². The molecular weight excluding hydrogens is 298 g/mol. The van der Waals surface area contributed by atoms with Crippen LogP contribution in [-0.2, 0) is 14.3 Å². The Balaban J connectivity index is 1.77. The number of carbonyl (C=O) groups is 3. The summed E-state index contributed by atoms with van der Waals surface area (Å²) in [6.07, 6.45) is 0.582. The van der Waals surface area contributed by atoms with Crippen LogP contribution in [-0.4, -0.2) is 35.4 Å². The molecule has 0 bridgehead atoms. The molecule has 2 amide bonds. The van der Waals surface area contributed by atoms with Crippen LogP contribution in [0.3, 0.4) is 0 Å². The van der Waals surface area contributed by atoms with E-state index in [0.29, 0.717) is 11.4 Å².